The number of esters is 1. The molecule has 1 unspecified atom stereocenters. The monoisotopic (exact) mass is 375 g/mol. The lowest BCUT2D eigenvalue weighted by molar-refractivity contribution is -0.148. The highest BCUT2D eigenvalue weighted by molar-refractivity contribution is 5.79. The minimum absolute atomic E-state index is 0.110. The number of rotatable bonds is 10. The Hall–Kier alpha value is -2.08. The number of ether oxygens (including phenoxy) is 1. The lowest BCUT2D eigenvalue weighted by Gasteiger charge is -2.14. The molecule has 150 valence electrons. The van der Waals surface area contributed by atoms with Gasteiger partial charge in [0.2, 0.25) is 0 Å². The van der Waals surface area contributed by atoms with Crippen LogP contribution in [0.5, 0.6) is 0 Å². The summed E-state index contributed by atoms with van der Waals surface area (Å²) in [6.45, 7) is 3.95. The van der Waals surface area contributed by atoms with Gasteiger partial charge in [-0.1, -0.05) is 30.3 Å². The van der Waals surface area contributed by atoms with Crippen LogP contribution in [0.4, 0.5) is 0 Å². The van der Waals surface area contributed by atoms with Gasteiger partial charge < -0.3 is 20.5 Å². The van der Waals surface area contributed by atoms with Crippen molar-refractivity contribution in [3.8, 4) is 0 Å². The summed E-state index contributed by atoms with van der Waals surface area (Å²) in [4.78, 5) is 16.3. The second-order valence-electron chi connectivity index (χ2n) is 6.90. The first-order valence-electron chi connectivity index (χ1n) is 10.1. The Morgan fingerprint density at radius 2 is 2.00 bits per heavy atom. The van der Waals surface area contributed by atoms with E-state index in [9.17, 15) is 9.90 Å². The molecule has 0 saturated heterocycles. The molecular weight excluding hydrogens is 342 g/mol. The Bertz CT molecular complexity index is 571. The summed E-state index contributed by atoms with van der Waals surface area (Å²) in [5.41, 5.74) is 0.919. The topological polar surface area (TPSA) is 83.0 Å². The Labute approximate surface area is 162 Å². The minimum atomic E-state index is -0.494. The van der Waals surface area contributed by atoms with Crippen molar-refractivity contribution in [1.82, 2.24) is 10.6 Å². The molecule has 0 aliphatic heterocycles. The fourth-order valence-corrected chi connectivity index (χ4v) is 3.18. The van der Waals surface area contributed by atoms with Gasteiger partial charge in [0.25, 0.3) is 0 Å². The molecule has 0 amide bonds. The van der Waals surface area contributed by atoms with Crippen molar-refractivity contribution in [2.45, 2.75) is 64.1 Å². The number of carbonyl (C=O) groups excluding carboxylic acids is 1. The van der Waals surface area contributed by atoms with Crippen LogP contribution < -0.4 is 10.6 Å². The number of nitrogens with one attached hydrogen (secondary N) is 2. The number of aliphatic hydroxyl groups is 1. The van der Waals surface area contributed by atoms with Crippen molar-refractivity contribution >= 4 is 11.9 Å². The molecule has 6 heteroatoms. The average molecular weight is 376 g/mol. The maximum absolute atomic E-state index is 11.8. The number of nitrogens with zero attached hydrogens (tertiary/aromatic N) is 1. The zero-order valence-electron chi connectivity index (χ0n) is 16.3. The number of aliphatic hydroxyl groups excluding tert-OH is 1. The van der Waals surface area contributed by atoms with E-state index in [0.29, 0.717) is 38.3 Å². The maximum atomic E-state index is 11.8. The summed E-state index contributed by atoms with van der Waals surface area (Å²) in [5, 5.41) is 16.6. The van der Waals surface area contributed by atoms with E-state index in [4.69, 9.17) is 4.74 Å². The molecule has 0 radical (unpaired) electrons. The molecule has 0 bridgehead atoms. The van der Waals surface area contributed by atoms with Gasteiger partial charge in [0.05, 0.1) is 6.10 Å². The molecule has 0 heterocycles. The third kappa shape index (κ3) is 8.43. The molecule has 1 aromatic rings. The van der Waals surface area contributed by atoms with Crippen LogP contribution >= 0.6 is 0 Å². The third-order valence-electron chi connectivity index (χ3n) is 4.65. The van der Waals surface area contributed by atoms with Gasteiger partial charge >= 0.3 is 5.97 Å². The number of benzene rings is 1. The van der Waals surface area contributed by atoms with Gasteiger partial charge in [-0.3, -0.25) is 9.79 Å². The van der Waals surface area contributed by atoms with E-state index >= 15 is 0 Å². The molecule has 2 rings (SSSR count). The molecule has 0 spiro atoms. The van der Waals surface area contributed by atoms with Crippen LogP contribution in [0.25, 0.3) is 0 Å². The number of aliphatic imine (C=N–C) groups is 1. The predicted octanol–water partition coefficient (Wildman–Crippen LogP) is 2.93. The highest BCUT2D eigenvalue weighted by Crippen LogP contribution is 2.21. The summed E-state index contributed by atoms with van der Waals surface area (Å²) in [6.07, 6.45) is 5.67. The van der Waals surface area contributed by atoms with Crippen molar-refractivity contribution in [1.29, 1.82) is 0 Å². The van der Waals surface area contributed by atoms with Crippen molar-refractivity contribution < 1.29 is 14.6 Å². The quantitative estimate of drug-likeness (QED) is 0.253. The first kappa shape index (κ1) is 21.2. The Balaban J connectivity index is 1.64. The third-order valence-corrected chi connectivity index (χ3v) is 4.65. The second kappa shape index (κ2) is 12.3. The van der Waals surface area contributed by atoms with Crippen LogP contribution in [-0.4, -0.2) is 42.8 Å². The number of carbonyl (C=O) groups is 1. The summed E-state index contributed by atoms with van der Waals surface area (Å²) in [5.74, 6) is 0.600. The minimum Gasteiger partial charge on any atom is -0.462 e. The fourth-order valence-electron chi connectivity index (χ4n) is 3.18. The SMILES string of the molecule is CCNC(=NCCCC(=O)OC1CCCC1)NCCC(O)c1ccccc1. The Morgan fingerprint density at radius 3 is 2.70 bits per heavy atom. The Kier molecular flexibility index (Phi) is 9.69. The van der Waals surface area contributed by atoms with Crippen molar-refractivity contribution in [2.75, 3.05) is 19.6 Å². The summed E-state index contributed by atoms with van der Waals surface area (Å²) in [6, 6.07) is 9.64. The van der Waals surface area contributed by atoms with Gasteiger partial charge in [-0.25, -0.2) is 0 Å². The number of guanidine groups is 1. The van der Waals surface area contributed by atoms with E-state index in [1.807, 2.05) is 37.3 Å². The summed E-state index contributed by atoms with van der Waals surface area (Å²) < 4.78 is 5.45. The molecule has 1 fully saturated rings. The normalized spacial score (nSPS) is 16.1. The van der Waals surface area contributed by atoms with E-state index in [2.05, 4.69) is 15.6 Å². The zero-order valence-corrected chi connectivity index (χ0v) is 16.3. The van der Waals surface area contributed by atoms with Crippen molar-refractivity contribution in [3.05, 3.63) is 35.9 Å². The average Bonchev–Trinajstić information content (AvgIpc) is 3.18. The fraction of sp³-hybridized carbons (Fsp3) is 0.619. The highest BCUT2D eigenvalue weighted by atomic mass is 16.5. The molecule has 1 saturated carbocycles. The second-order valence-corrected chi connectivity index (χ2v) is 6.90. The first-order chi connectivity index (χ1) is 13.2. The number of hydrogen-bond acceptors (Lipinski definition) is 4. The van der Waals surface area contributed by atoms with Crippen molar-refractivity contribution in [3.63, 3.8) is 0 Å². The first-order valence-corrected chi connectivity index (χ1v) is 10.1. The van der Waals surface area contributed by atoms with Gasteiger partial charge in [0.1, 0.15) is 6.10 Å². The van der Waals surface area contributed by atoms with E-state index in [1.54, 1.807) is 0 Å². The van der Waals surface area contributed by atoms with Crippen LogP contribution in [0, 0.1) is 0 Å². The molecule has 1 atom stereocenters. The van der Waals surface area contributed by atoms with Gasteiger partial charge in [-0.2, -0.15) is 0 Å². The van der Waals surface area contributed by atoms with E-state index in [-0.39, 0.29) is 12.1 Å². The lowest BCUT2D eigenvalue weighted by Crippen LogP contribution is -2.38. The molecule has 0 aromatic heterocycles. The molecular formula is C21H33N3O3. The van der Waals surface area contributed by atoms with Crippen LogP contribution in [0.2, 0.25) is 0 Å². The van der Waals surface area contributed by atoms with Crippen LogP contribution in [-0.2, 0) is 9.53 Å². The standard InChI is InChI=1S/C21H33N3O3/c1-2-22-21(24-16-14-19(25)17-9-4-3-5-10-17)23-15-8-13-20(26)27-18-11-6-7-12-18/h3-5,9-10,18-19,25H,2,6-8,11-16H2,1H3,(H2,22,23,24). The van der Waals surface area contributed by atoms with E-state index < -0.39 is 6.10 Å². The van der Waals surface area contributed by atoms with Crippen LogP contribution in [0.15, 0.2) is 35.3 Å². The molecule has 1 aliphatic rings. The largest absolute Gasteiger partial charge is 0.462 e. The van der Waals surface area contributed by atoms with Crippen molar-refractivity contribution in [2.24, 2.45) is 4.99 Å². The number of hydrogen-bond donors (Lipinski definition) is 3. The van der Waals surface area contributed by atoms with Gasteiger partial charge in [-0.15, -0.1) is 0 Å². The van der Waals surface area contributed by atoms with E-state index in [0.717, 1.165) is 24.9 Å². The molecule has 6 nitrogen and oxygen atoms in total. The molecule has 1 aliphatic carbocycles. The van der Waals surface area contributed by atoms with Gasteiger partial charge in [-0.05, 0) is 51.0 Å². The molecule has 27 heavy (non-hydrogen) atoms. The van der Waals surface area contributed by atoms with Gasteiger partial charge in [0.15, 0.2) is 5.96 Å². The summed E-state index contributed by atoms with van der Waals surface area (Å²) >= 11 is 0. The van der Waals surface area contributed by atoms with Gasteiger partial charge in [0, 0.05) is 26.1 Å². The highest BCUT2D eigenvalue weighted by Gasteiger charge is 2.18. The lowest BCUT2D eigenvalue weighted by atomic mass is 10.1. The van der Waals surface area contributed by atoms with E-state index in [1.165, 1.54) is 12.8 Å². The van der Waals surface area contributed by atoms with Crippen LogP contribution in [0.3, 0.4) is 0 Å². The van der Waals surface area contributed by atoms with Crippen LogP contribution in [0.1, 0.15) is 63.5 Å². The maximum Gasteiger partial charge on any atom is 0.306 e. The summed E-state index contributed by atoms with van der Waals surface area (Å²) in [7, 11) is 0. The smallest absolute Gasteiger partial charge is 0.306 e. The Morgan fingerprint density at radius 1 is 1.26 bits per heavy atom. The zero-order chi connectivity index (χ0) is 19.3. The molecule has 3 N–H and O–H groups in total. The molecule has 1 aromatic carbocycles. The predicted molar refractivity (Wildman–Crippen MR) is 108 cm³/mol.